The SMILES string of the molecule is C=C(N=[N+]=[N-])C(=O)N1CCN(CCS(=O)(=O)Oc2ccc(-c3cn(C(CSc4ccccc4)C(=O)N4CCN(CCS(=O)(=O)Oc5ccccc5)CC4)nn3)cc2)CC1. The Hall–Kier alpha value is -5.44. The third-order valence-corrected chi connectivity index (χ3v) is 13.0. The van der Waals surface area contributed by atoms with E-state index in [4.69, 9.17) is 13.9 Å². The second-order valence-corrected chi connectivity index (χ2v) is 18.2. The van der Waals surface area contributed by atoms with Gasteiger partial charge in [0.2, 0.25) is 5.91 Å². The van der Waals surface area contributed by atoms with Crippen LogP contribution in [0.1, 0.15) is 6.04 Å². The van der Waals surface area contributed by atoms with Gasteiger partial charge in [-0.05, 0) is 54.1 Å². The van der Waals surface area contributed by atoms with E-state index in [1.165, 1.54) is 28.8 Å². The molecule has 2 fully saturated rings. The molecule has 312 valence electrons. The Morgan fingerprint density at radius 3 is 1.85 bits per heavy atom. The van der Waals surface area contributed by atoms with E-state index in [0.29, 0.717) is 69.4 Å². The van der Waals surface area contributed by atoms with Gasteiger partial charge in [0.15, 0.2) is 0 Å². The van der Waals surface area contributed by atoms with Crippen LogP contribution in [0, 0.1) is 0 Å². The van der Waals surface area contributed by atoms with E-state index in [0.717, 1.165) is 4.90 Å². The summed E-state index contributed by atoms with van der Waals surface area (Å²) in [6.07, 6.45) is 1.69. The summed E-state index contributed by atoms with van der Waals surface area (Å²) < 4.78 is 63.0. The van der Waals surface area contributed by atoms with E-state index >= 15 is 0 Å². The van der Waals surface area contributed by atoms with Crippen molar-refractivity contribution in [2.75, 3.05) is 82.7 Å². The van der Waals surface area contributed by atoms with Gasteiger partial charge < -0.3 is 18.2 Å². The fraction of sp³-hybridized carbons (Fsp3) is 0.368. The molecule has 0 saturated carbocycles. The molecule has 59 heavy (non-hydrogen) atoms. The maximum atomic E-state index is 14.1. The summed E-state index contributed by atoms with van der Waals surface area (Å²) in [5.74, 6) is -0.259. The Morgan fingerprint density at radius 1 is 0.763 bits per heavy atom. The molecule has 21 heteroatoms. The molecule has 1 aromatic heterocycles. The molecule has 6 rings (SSSR count). The minimum Gasteiger partial charge on any atom is -0.382 e. The number of thioether (sulfide) groups is 1. The van der Waals surface area contributed by atoms with Gasteiger partial charge in [0, 0.05) is 86.6 Å². The Bertz CT molecular complexity index is 2330. The number of hydrogen-bond donors (Lipinski definition) is 0. The largest absolute Gasteiger partial charge is 0.382 e. The number of rotatable bonds is 18. The molecular formula is C38H44N10O8S3. The van der Waals surface area contributed by atoms with Gasteiger partial charge >= 0.3 is 20.2 Å². The molecule has 1 unspecified atom stereocenters. The molecule has 0 radical (unpaired) electrons. The van der Waals surface area contributed by atoms with E-state index in [2.05, 4.69) is 26.9 Å². The molecule has 2 aliphatic rings. The molecule has 2 amide bonds. The second-order valence-electron chi connectivity index (χ2n) is 13.7. The summed E-state index contributed by atoms with van der Waals surface area (Å²) in [7, 11) is -7.74. The minimum atomic E-state index is -3.95. The number of piperazine rings is 2. The predicted molar refractivity (Wildman–Crippen MR) is 221 cm³/mol. The standard InChI is InChI=1S/C38H44N10O8S3/c1-30(40-42-39)37(49)46-20-16-44(17-21-46)25-27-59(53,54)56-33-14-12-31(13-15-33)35-28-48(43-41-35)36(29-57-34-10-6-3-7-11-34)38(50)47-22-18-45(19-23-47)24-26-58(51,52)55-32-8-4-2-5-9-32/h2-15,28,36H,1,16-27,29H2. The van der Waals surface area contributed by atoms with Gasteiger partial charge in [0.25, 0.3) is 5.91 Å². The van der Waals surface area contributed by atoms with Crippen LogP contribution in [0.3, 0.4) is 0 Å². The van der Waals surface area contributed by atoms with Crippen LogP contribution in [0.4, 0.5) is 0 Å². The third kappa shape index (κ3) is 12.5. The number of nitrogens with zero attached hydrogens (tertiary/aromatic N) is 10. The Balaban J connectivity index is 1.03. The van der Waals surface area contributed by atoms with E-state index < -0.39 is 32.2 Å². The average Bonchev–Trinajstić information content (AvgIpc) is 3.73. The van der Waals surface area contributed by atoms with Crippen molar-refractivity contribution in [2.24, 2.45) is 5.11 Å². The zero-order chi connectivity index (χ0) is 41.8. The first-order valence-electron chi connectivity index (χ1n) is 18.7. The molecule has 4 aromatic rings. The smallest absolute Gasteiger partial charge is 0.310 e. The number of hydrogen-bond acceptors (Lipinski definition) is 14. The molecule has 18 nitrogen and oxygen atoms in total. The molecule has 3 heterocycles. The highest BCUT2D eigenvalue weighted by atomic mass is 32.2. The van der Waals surface area contributed by atoms with E-state index in [-0.39, 0.29) is 47.7 Å². The monoisotopic (exact) mass is 864 g/mol. The topological polar surface area (TPSA) is 213 Å². The van der Waals surface area contributed by atoms with Crippen LogP contribution in [0.5, 0.6) is 11.5 Å². The lowest BCUT2D eigenvalue weighted by atomic mass is 10.1. The molecule has 1 atom stereocenters. The molecular weight excluding hydrogens is 821 g/mol. The van der Waals surface area contributed by atoms with Crippen molar-refractivity contribution >= 4 is 43.8 Å². The quantitative estimate of drug-likeness (QED) is 0.0350. The van der Waals surface area contributed by atoms with Crippen molar-refractivity contribution in [1.29, 1.82) is 0 Å². The molecule has 2 aliphatic heterocycles. The molecule has 0 bridgehead atoms. The number of carbonyl (C=O) groups is 2. The van der Waals surface area contributed by atoms with E-state index in [9.17, 15) is 26.4 Å². The Labute approximate surface area is 347 Å². The molecule has 0 N–H and O–H groups in total. The maximum Gasteiger partial charge on any atom is 0.310 e. The number of aromatic nitrogens is 3. The highest BCUT2D eigenvalue weighted by Crippen LogP contribution is 2.27. The summed E-state index contributed by atoms with van der Waals surface area (Å²) in [4.78, 5) is 37.1. The molecule has 0 aliphatic carbocycles. The van der Waals surface area contributed by atoms with Gasteiger partial charge in [-0.2, -0.15) is 16.8 Å². The summed E-state index contributed by atoms with van der Waals surface area (Å²) in [5, 5.41) is 11.9. The molecule has 0 spiro atoms. The first-order chi connectivity index (χ1) is 28.4. The lowest BCUT2D eigenvalue weighted by Gasteiger charge is -2.36. The van der Waals surface area contributed by atoms with Gasteiger partial charge in [-0.25, -0.2) is 4.68 Å². The van der Waals surface area contributed by atoms with Gasteiger partial charge in [-0.15, -0.1) is 16.9 Å². The first-order valence-corrected chi connectivity index (χ1v) is 22.9. The minimum absolute atomic E-state index is 0.126. The van der Waals surface area contributed by atoms with Crippen LogP contribution in [0.15, 0.2) is 113 Å². The molecule has 3 aromatic carbocycles. The summed E-state index contributed by atoms with van der Waals surface area (Å²) >= 11 is 1.52. The van der Waals surface area contributed by atoms with Gasteiger partial charge in [-0.1, -0.05) is 53.3 Å². The zero-order valence-corrected chi connectivity index (χ0v) is 34.5. The second kappa shape index (κ2) is 20.0. The fourth-order valence-corrected chi connectivity index (χ4v) is 9.32. The van der Waals surface area contributed by atoms with Crippen molar-refractivity contribution < 1.29 is 34.8 Å². The number of azide groups is 1. The number of benzene rings is 3. The van der Waals surface area contributed by atoms with Crippen LogP contribution < -0.4 is 8.37 Å². The highest BCUT2D eigenvalue weighted by molar-refractivity contribution is 7.99. The van der Waals surface area contributed by atoms with Gasteiger partial charge in [0.1, 0.15) is 23.2 Å². The number of para-hydroxylation sites is 1. The summed E-state index contributed by atoms with van der Waals surface area (Å²) in [6.45, 7) is 7.32. The molecule has 2 saturated heterocycles. The fourth-order valence-electron chi connectivity index (χ4n) is 6.39. The Morgan fingerprint density at radius 2 is 1.29 bits per heavy atom. The lowest BCUT2D eigenvalue weighted by Crippen LogP contribution is -2.51. The van der Waals surface area contributed by atoms with Gasteiger partial charge in [0.05, 0.1) is 23.4 Å². The van der Waals surface area contributed by atoms with Crippen molar-refractivity contribution in [3.63, 3.8) is 0 Å². The van der Waals surface area contributed by atoms with Crippen molar-refractivity contribution in [3.05, 3.63) is 114 Å². The van der Waals surface area contributed by atoms with Crippen molar-refractivity contribution in [2.45, 2.75) is 10.9 Å². The van der Waals surface area contributed by atoms with E-state index in [1.807, 2.05) is 40.1 Å². The van der Waals surface area contributed by atoms with Crippen molar-refractivity contribution in [3.8, 4) is 22.8 Å². The number of amides is 2. The van der Waals surface area contributed by atoms with Crippen LogP contribution in [0.25, 0.3) is 21.7 Å². The van der Waals surface area contributed by atoms with Crippen LogP contribution in [-0.2, 0) is 29.8 Å². The first kappa shape index (κ1) is 43.1. The summed E-state index contributed by atoms with van der Waals surface area (Å²) in [6, 6.07) is 23.8. The van der Waals surface area contributed by atoms with Crippen LogP contribution >= 0.6 is 11.8 Å². The van der Waals surface area contributed by atoms with Crippen LogP contribution in [-0.4, -0.2) is 146 Å². The highest BCUT2D eigenvalue weighted by Gasteiger charge is 2.31. The zero-order valence-electron chi connectivity index (χ0n) is 32.1. The van der Waals surface area contributed by atoms with E-state index in [1.54, 1.807) is 58.2 Å². The number of carbonyl (C=O) groups excluding carboxylic acids is 2. The third-order valence-electron chi connectivity index (χ3n) is 9.68. The lowest BCUT2D eigenvalue weighted by molar-refractivity contribution is -0.136. The van der Waals surface area contributed by atoms with Gasteiger partial charge in [-0.3, -0.25) is 19.4 Å². The summed E-state index contributed by atoms with van der Waals surface area (Å²) in [5.41, 5.74) is 9.46. The van der Waals surface area contributed by atoms with Crippen LogP contribution in [0.2, 0.25) is 0 Å². The normalized spacial score (nSPS) is 15.9. The Kier molecular flexibility index (Phi) is 14.6. The average molecular weight is 865 g/mol. The predicted octanol–water partition coefficient (Wildman–Crippen LogP) is 3.51. The maximum absolute atomic E-state index is 14.1. The van der Waals surface area contributed by atoms with Crippen molar-refractivity contribution in [1.82, 2.24) is 34.6 Å².